The summed E-state index contributed by atoms with van der Waals surface area (Å²) in [5.41, 5.74) is 3.73. The van der Waals surface area contributed by atoms with Crippen LogP contribution in [0, 0.1) is 0 Å². The molecule has 0 radical (unpaired) electrons. The van der Waals surface area contributed by atoms with Crippen molar-refractivity contribution < 1.29 is 14.3 Å². The molecule has 6 heteroatoms. The zero-order valence-corrected chi connectivity index (χ0v) is 20.0. The quantitative estimate of drug-likeness (QED) is 0.259. The highest BCUT2D eigenvalue weighted by atomic mass is 35.5. The summed E-state index contributed by atoms with van der Waals surface area (Å²) in [5.74, 6) is 1.04. The number of fused-ring (bicyclic) bond motifs is 6. The van der Waals surface area contributed by atoms with Gasteiger partial charge in [0.2, 0.25) is 0 Å². The van der Waals surface area contributed by atoms with Gasteiger partial charge in [-0.2, -0.15) is 0 Å². The van der Waals surface area contributed by atoms with Gasteiger partial charge in [0.15, 0.2) is 5.60 Å². The molecule has 0 aliphatic carbocycles. The van der Waals surface area contributed by atoms with Gasteiger partial charge in [0.05, 0.1) is 5.56 Å². The van der Waals surface area contributed by atoms with Gasteiger partial charge in [0, 0.05) is 54.3 Å². The second kappa shape index (κ2) is 7.99. The van der Waals surface area contributed by atoms with Gasteiger partial charge in [-0.1, -0.05) is 29.8 Å². The predicted octanol–water partition coefficient (Wildman–Crippen LogP) is 6.12. The minimum Gasteiger partial charge on any atom is -0.456 e. The Morgan fingerprint density at radius 2 is 1.64 bits per heavy atom. The first-order valence-corrected chi connectivity index (χ1v) is 11.8. The van der Waals surface area contributed by atoms with Crippen LogP contribution in [0.25, 0.3) is 0 Å². The zero-order valence-electron chi connectivity index (χ0n) is 19.3. The lowest BCUT2D eigenvalue weighted by Gasteiger charge is -2.38. The van der Waals surface area contributed by atoms with Gasteiger partial charge in [-0.25, -0.2) is 4.79 Å². The first kappa shape index (κ1) is 21.7. The lowest BCUT2D eigenvalue weighted by molar-refractivity contribution is 0.0224. The molecule has 5 rings (SSSR count). The second-order valence-corrected chi connectivity index (χ2v) is 9.07. The van der Waals surface area contributed by atoms with Crippen molar-refractivity contribution in [1.29, 1.82) is 0 Å². The van der Waals surface area contributed by atoms with Crippen molar-refractivity contribution in [2.75, 3.05) is 29.9 Å². The molecule has 0 bridgehead atoms. The zero-order chi connectivity index (χ0) is 23.3. The van der Waals surface area contributed by atoms with E-state index in [0.29, 0.717) is 17.1 Å². The number of rotatable bonds is 5. The highest BCUT2D eigenvalue weighted by molar-refractivity contribution is 6.21. The van der Waals surface area contributed by atoms with Gasteiger partial charge in [-0.15, -0.1) is 0 Å². The van der Waals surface area contributed by atoms with Crippen LogP contribution in [0.15, 0.2) is 60.7 Å². The maximum Gasteiger partial charge on any atom is 0.340 e. The smallest absolute Gasteiger partial charge is 0.340 e. The fraction of sp³-hybridized carbons (Fsp3) is 0.296. The summed E-state index contributed by atoms with van der Waals surface area (Å²) in [6.07, 6.45) is 0. The third-order valence-corrected chi connectivity index (χ3v) is 7.04. The van der Waals surface area contributed by atoms with Crippen molar-refractivity contribution in [1.82, 2.24) is 0 Å². The van der Waals surface area contributed by atoms with E-state index >= 15 is 0 Å². The molecule has 33 heavy (non-hydrogen) atoms. The first-order valence-electron chi connectivity index (χ1n) is 11.3. The minimum absolute atomic E-state index is 0.203. The van der Waals surface area contributed by atoms with E-state index in [1.54, 1.807) is 0 Å². The number of alkyl halides is 1. The molecule has 0 saturated carbocycles. The minimum atomic E-state index is -1.08. The Hall–Kier alpha value is -3.18. The SMILES string of the molecule is CCN(CC)c1ccc2c(c1)Oc1ccc(N(C)C(C)Cl)cc1C21OC(=O)c2ccccc21. The summed E-state index contributed by atoms with van der Waals surface area (Å²) in [6, 6.07) is 19.7. The molecule has 2 atom stereocenters. The van der Waals surface area contributed by atoms with Crippen molar-refractivity contribution in [3.8, 4) is 11.5 Å². The molecular weight excluding hydrogens is 436 g/mol. The number of hydrogen-bond donors (Lipinski definition) is 0. The highest BCUT2D eigenvalue weighted by Gasteiger charge is 2.53. The van der Waals surface area contributed by atoms with Crippen LogP contribution in [-0.2, 0) is 10.3 Å². The van der Waals surface area contributed by atoms with E-state index in [4.69, 9.17) is 21.1 Å². The molecule has 0 fully saturated rings. The molecule has 2 aliphatic rings. The van der Waals surface area contributed by atoms with Gasteiger partial charge < -0.3 is 19.3 Å². The van der Waals surface area contributed by atoms with Crippen molar-refractivity contribution in [3.63, 3.8) is 0 Å². The summed E-state index contributed by atoms with van der Waals surface area (Å²) in [4.78, 5) is 17.3. The number of hydrogen-bond acceptors (Lipinski definition) is 5. The molecule has 2 unspecified atom stereocenters. The molecule has 3 aromatic carbocycles. The van der Waals surface area contributed by atoms with E-state index in [1.165, 1.54) is 0 Å². The molecule has 0 N–H and O–H groups in total. The van der Waals surface area contributed by atoms with Crippen LogP contribution >= 0.6 is 11.6 Å². The third kappa shape index (κ3) is 3.17. The van der Waals surface area contributed by atoms with E-state index in [1.807, 2.05) is 73.5 Å². The Labute approximate surface area is 199 Å². The number of ether oxygens (including phenoxy) is 2. The third-order valence-electron chi connectivity index (χ3n) is 6.75. The highest BCUT2D eigenvalue weighted by Crippen LogP contribution is 2.57. The van der Waals surface area contributed by atoms with Crippen LogP contribution in [0.4, 0.5) is 11.4 Å². The topological polar surface area (TPSA) is 42.0 Å². The lowest BCUT2D eigenvalue weighted by atomic mass is 9.77. The van der Waals surface area contributed by atoms with Crippen LogP contribution in [0.1, 0.15) is 47.8 Å². The number of anilines is 2. The number of carbonyl (C=O) groups is 1. The molecule has 170 valence electrons. The monoisotopic (exact) mass is 462 g/mol. The first-order chi connectivity index (χ1) is 15.9. The summed E-state index contributed by atoms with van der Waals surface area (Å²) < 4.78 is 12.7. The number of halogens is 1. The van der Waals surface area contributed by atoms with Crippen LogP contribution in [-0.4, -0.2) is 31.6 Å². The number of benzene rings is 3. The van der Waals surface area contributed by atoms with Gasteiger partial charge in [0.1, 0.15) is 17.0 Å². The molecular formula is C27H27ClN2O3. The van der Waals surface area contributed by atoms with E-state index in [2.05, 4.69) is 24.8 Å². The predicted molar refractivity (Wildman–Crippen MR) is 132 cm³/mol. The Kier molecular flexibility index (Phi) is 5.25. The molecule has 0 aromatic heterocycles. The summed E-state index contributed by atoms with van der Waals surface area (Å²) in [7, 11) is 1.94. The van der Waals surface area contributed by atoms with Crippen molar-refractivity contribution in [3.05, 3.63) is 82.9 Å². The van der Waals surface area contributed by atoms with Crippen LogP contribution in [0.3, 0.4) is 0 Å². The molecule has 0 amide bonds. The van der Waals surface area contributed by atoms with Crippen LogP contribution in [0.2, 0.25) is 0 Å². The normalized spacial score (nSPS) is 18.6. The second-order valence-electron chi connectivity index (χ2n) is 8.44. The maximum absolute atomic E-state index is 13.1. The van der Waals surface area contributed by atoms with E-state index < -0.39 is 5.60 Å². The van der Waals surface area contributed by atoms with Crippen LogP contribution < -0.4 is 14.5 Å². The molecule has 3 aromatic rings. The van der Waals surface area contributed by atoms with Gasteiger partial charge in [0.25, 0.3) is 0 Å². The van der Waals surface area contributed by atoms with Gasteiger partial charge >= 0.3 is 5.97 Å². The molecule has 0 saturated heterocycles. The summed E-state index contributed by atoms with van der Waals surface area (Å²) in [6.45, 7) is 7.96. The Bertz CT molecular complexity index is 1240. The van der Waals surface area contributed by atoms with Gasteiger partial charge in [-0.3, -0.25) is 0 Å². The summed E-state index contributed by atoms with van der Waals surface area (Å²) >= 11 is 6.36. The maximum atomic E-state index is 13.1. The van der Waals surface area contributed by atoms with Gasteiger partial charge in [-0.05, 0) is 57.2 Å². The Balaban J connectivity index is 1.78. The number of esters is 1. The largest absolute Gasteiger partial charge is 0.456 e. The number of nitrogens with zero attached hydrogens (tertiary/aromatic N) is 2. The molecule has 2 heterocycles. The fourth-order valence-electron chi connectivity index (χ4n) is 4.86. The fourth-order valence-corrected chi connectivity index (χ4v) is 4.97. The lowest BCUT2D eigenvalue weighted by Crippen LogP contribution is -2.34. The molecule has 1 spiro atoms. The van der Waals surface area contributed by atoms with Crippen molar-refractivity contribution in [2.45, 2.75) is 31.9 Å². The standard InChI is InChI=1S/C27H27ClN2O3/c1-5-30(6-2)19-11-13-22-25(16-19)32-24-14-12-18(29(4)17(3)28)15-23(24)27(22)21-10-8-7-9-20(21)26(31)33-27/h7-17H,5-6H2,1-4H3. The van der Waals surface area contributed by atoms with Crippen LogP contribution in [0.5, 0.6) is 11.5 Å². The van der Waals surface area contributed by atoms with E-state index in [-0.39, 0.29) is 11.5 Å². The Morgan fingerprint density at radius 1 is 0.909 bits per heavy atom. The van der Waals surface area contributed by atoms with E-state index in [0.717, 1.165) is 41.2 Å². The molecule has 5 nitrogen and oxygen atoms in total. The average molecular weight is 463 g/mol. The number of carbonyl (C=O) groups excluding carboxylic acids is 1. The van der Waals surface area contributed by atoms with Crippen molar-refractivity contribution in [2.24, 2.45) is 0 Å². The van der Waals surface area contributed by atoms with Crippen molar-refractivity contribution >= 4 is 28.9 Å². The average Bonchev–Trinajstić information content (AvgIpc) is 3.12. The Morgan fingerprint density at radius 3 is 2.36 bits per heavy atom. The van der Waals surface area contributed by atoms with E-state index in [9.17, 15) is 4.79 Å². The summed E-state index contributed by atoms with van der Waals surface area (Å²) in [5, 5.41) is 0. The molecule has 2 aliphatic heterocycles.